The summed E-state index contributed by atoms with van der Waals surface area (Å²) in [5, 5.41) is 9.31. The lowest BCUT2D eigenvalue weighted by Gasteiger charge is -2.02. The highest BCUT2D eigenvalue weighted by atomic mass is 35.5. The highest BCUT2D eigenvalue weighted by Gasteiger charge is 2.13. The van der Waals surface area contributed by atoms with Gasteiger partial charge < -0.3 is 0 Å². The van der Waals surface area contributed by atoms with Crippen LogP contribution in [0.1, 0.15) is 13.3 Å². The Labute approximate surface area is 140 Å². The fourth-order valence-corrected chi connectivity index (χ4v) is 3.19. The minimum absolute atomic E-state index is 0.747. The van der Waals surface area contributed by atoms with E-state index in [2.05, 4.69) is 48.0 Å². The van der Waals surface area contributed by atoms with E-state index in [4.69, 9.17) is 16.7 Å². The van der Waals surface area contributed by atoms with E-state index < -0.39 is 0 Å². The van der Waals surface area contributed by atoms with Gasteiger partial charge in [0.05, 0.1) is 5.52 Å². The van der Waals surface area contributed by atoms with Crippen LogP contribution in [-0.2, 0) is 6.54 Å². The summed E-state index contributed by atoms with van der Waals surface area (Å²) in [5.41, 5.74) is 3.32. The summed E-state index contributed by atoms with van der Waals surface area (Å²) in [7, 11) is 0. The number of aryl methyl sites for hydroxylation is 1. The molecule has 0 saturated carbocycles. The molecule has 4 aromatic rings. The molecule has 0 fully saturated rings. The van der Waals surface area contributed by atoms with Crippen molar-refractivity contribution in [1.29, 1.82) is 0 Å². The third kappa shape index (κ3) is 2.49. The van der Waals surface area contributed by atoms with E-state index in [9.17, 15) is 0 Å². The summed E-state index contributed by atoms with van der Waals surface area (Å²) in [5.74, 6) is 0. The standard InChI is InChI=1S/C20H17ClN2/c1-2-11-23-19-13-16-6-4-3-5-15(16)12-18(19)20(22-23)14-7-9-17(21)10-8-14/h3-10,12-13H,2,11H2,1H3. The molecule has 23 heavy (non-hydrogen) atoms. The van der Waals surface area contributed by atoms with Crippen LogP contribution >= 0.6 is 11.6 Å². The van der Waals surface area contributed by atoms with Gasteiger partial charge in [-0.1, -0.05) is 54.9 Å². The zero-order chi connectivity index (χ0) is 15.8. The van der Waals surface area contributed by atoms with Crippen LogP contribution in [0.25, 0.3) is 32.9 Å². The van der Waals surface area contributed by atoms with Crippen molar-refractivity contribution in [3.05, 3.63) is 65.7 Å². The van der Waals surface area contributed by atoms with Crippen LogP contribution in [0.15, 0.2) is 60.7 Å². The molecule has 0 aliphatic carbocycles. The molecule has 0 aliphatic heterocycles. The topological polar surface area (TPSA) is 17.8 Å². The zero-order valence-corrected chi connectivity index (χ0v) is 13.7. The molecule has 0 spiro atoms. The van der Waals surface area contributed by atoms with Crippen molar-refractivity contribution in [2.24, 2.45) is 0 Å². The van der Waals surface area contributed by atoms with E-state index >= 15 is 0 Å². The Balaban J connectivity index is 2.02. The molecule has 1 heterocycles. The van der Waals surface area contributed by atoms with Crippen molar-refractivity contribution >= 4 is 33.3 Å². The molecule has 0 aliphatic rings. The van der Waals surface area contributed by atoms with Gasteiger partial charge in [0, 0.05) is 22.5 Å². The maximum Gasteiger partial charge on any atom is 0.100 e. The predicted molar refractivity (Wildman–Crippen MR) is 98.0 cm³/mol. The molecule has 4 rings (SSSR count). The van der Waals surface area contributed by atoms with Crippen molar-refractivity contribution in [3.63, 3.8) is 0 Å². The SMILES string of the molecule is CCCn1nc(-c2ccc(Cl)cc2)c2cc3ccccc3cc21. The van der Waals surface area contributed by atoms with E-state index in [-0.39, 0.29) is 0 Å². The minimum atomic E-state index is 0.747. The van der Waals surface area contributed by atoms with Crippen molar-refractivity contribution in [2.45, 2.75) is 19.9 Å². The maximum atomic E-state index is 6.02. The molecule has 2 nitrogen and oxygen atoms in total. The van der Waals surface area contributed by atoms with E-state index in [1.165, 1.54) is 21.7 Å². The Morgan fingerprint density at radius 2 is 1.65 bits per heavy atom. The Bertz CT molecular complexity index is 984. The molecule has 0 N–H and O–H groups in total. The normalized spacial score (nSPS) is 11.4. The molecule has 0 atom stereocenters. The summed E-state index contributed by atoms with van der Waals surface area (Å²) in [6, 6.07) is 20.9. The van der Waals surface area contributed by atoms with Crippen LogP contribution in [-0.4, -0.2) is 9.78 Å². The first-order chi connectivity index (χ1) is 11.3. The molecule has 3 heteroatoms. The smallest absolute Gasteiger partial charge is 0.100 e. The number of hydrogen-bond acceptors (Lipinski definition) is 1. The molecule has 0 saturated heterocycles. The monoisotopic (exact) mass is 320 g/mol. The van der Waals surface area contributed by atoms with Gasteiger partial charge in [-0.25, -0.2) is 0 Å². The molecule has 114 valence electrons. The lowest BCUT2D eigenvalue weighted by atomic mass is 10.0. The van der Waals surface area contributed by atoms with Gasteiger partial charge in [-0.05, 0) is 41.5 Å². The second kappa shape index (κ2) is 5.71. The van der Waals surface area contributed by atoms with Gasteiger partial charge in [0.15, 0.2) is 0 Å². The molecular weight excluding hydrogens is 304 g/mol. The maximum absolute atomic E-state index is 6.02. The predicted octanol–water partition coefficient (Wildman–Crippen LogP) is 5.92. The van der Waals surface area contributed by atoms with E-state index in [0.29, 0.717) is 0 Å². The third-order valence-corrected chi connectivity index (χ3v) is 4.42. The van der Waals surface area contributed by atoms with Crippen molar-refractivity contribution in [3.8, 4) is 11.3 Å². The van der Waals surface area contributed by atoms with E-state index in [1.807, 2.05) is 24.3 Å². The number of halogens is 1. The van der Waals surface area contributed by atoms with Crippen LogP contribution in [0.5, 0.6) is 0 Å². The molecule has 1 aromatic heterocycles. The summed E-state index contributed by atoms with van der Waals surface area (Å²) in [6.07, 6.45) is 1.06. The largest absolute Gasteiger partial charge is 0.264 e. The van der Waals surface area contributed by atoms with Crippen LogP contribution in [0.3, 0.4) is 0 Å². The minimum Gasteiger partial charge on any atom is -0.264 e. The van der Waals surface area contributed by atoms with Crippen LogP contribution in [0.4, 0.5) is 0 Å². The lowest BCUT2D eigenvalue weighted by molar-refractivity contribution is 0.624. The lowest BCUT2D eigenvalue weighted by Crippen LogP contribution is -1.98. The highest BCUT2D eigenvalue weighted by Crippen LogP contribution is 2.32. The summed E-state index contributed by atoms with van der Waals surface area (Å²) >= 11 is 6.02. The van der Waals surface area contributed by atoms with Gasteiger partial charge in [0.25, 0.3) is 0 Å². The summed E-state index contributed by atoms with van der Waals surface area (Å²) < 4.78 is 2.12. The number of hydrogen-bond donors (Lipinski definition) is 0. The Morgan fingerprint density at radius 1 is 0.957 bits per heavy atom. The first-order valence-corrected chi connectivity index (χ1v) is 8.29. The number of benzene rings is 3. The van der Waals surface area contributed by atoms with E-state index in [1.54, 1.807) is 0 Å². The van der Waals surface area contributed by atoms with Gasteiger partial charge in [-0.2, -0.15) is 5.10 Å². The average molecular weight is 321 g/mol. The number of nitrogens with zero attached hydrogens (tertiary/aromatic N) is 2. The first kappa shape index (κ1) is 14.3. The molecule has 0 bridgehead atoms. The second-order valence-electron chi connectivity index (χ2n) is 5.80. The summed E-state index contributed by atoms with van der Waals surface area (Å²) in [4.78, 5) is 0. The highest BCUT2D eigenvalue weighted by molar-refractivity contribution is 6.30. The van der Waals surface area contributed by atoms with Crippen LogP contribution in [0.2, 0.25) is 5.02 Å². The van der Waals surface area contributed by atoms with E-state index in [0.717, 1.165) is 29.2 Å². The molecular formula is C20H17ClN2. The number of rotatable bonds is 3. The van der Waals surface area contributed by atoms with Gasteiger partial charge in [0.1, 0.15) is 5.69 Å². The van der Waals surface area contributed by atoms with Crippen LogP contribution < -0.4 is 0 Å². The second-order valence-corrected chi connectivity index (χ2v) is 6.23. The molecule has 0 unspecified atom stereocenters. The van der Waals surface area contributed by atoms with Crippen molar-refractivity contribution in [2.75, 3.05) is 0 Å². The van der Waals surface area contributed by atoms with Gasteiger partial charge in [0.2, 0.25) is 0 Å². The van der Waals surface area contributed by atoms with Crippen molar-refractivity contribution in [1.82, 2.24) is 9.78 Å². The van der Waals surface area contributed by atoms with Crippen LogP contribution in [0, 0.1) is 0 Å². The average Bonchev–Trinajstić information content (AvgIpc) is 2.92. The first-order valence-electron chi connectivity index (χ1n) is 7.91. The van der Waals surface area contributed by atoms with Gasteiger partial charge in [-0.15, -0.1) is 0 Å². The Hall–Kier alpha value is -2.32. The van der Waals surface area contributed by atoms with Gasteiger partial charge in [-0.3, -0.25) is 4.68 Å². The van der Waals surface area contributed by atoms with Crippen molar-refractivity contribution < 1.29 is 0 Å². The number of fused-ring (bicyclic) bond motifs is 2. The fourth-order valence-electron chi connectivity index (χ4n) is 3.06. The fraction of sp³-hybridized carbons (Fsp3) is 0.150. The number of aromatic nitrogens is 2. The molecule has 0 radical (unpaired) electrons. The van der Waals surface area contributed by atoms with Gasteiger partial charge >= 0.3 is 0 Å². The molecule has 3 aromatic carbocycles. The third-order valence-electron chi connectivity index (χ3n) is 4.17. The Kier molecular flexibility index (Phi) is 3.55. The summed E-state index contributed by atoms with van der Waals surface area (Å²) in [6.45, 7) is 3.10. The Morgan fingerprint density at radius 3 is 2.35 bits per heavy atom. The quantitative estimate of drug-likeness (QED) is 0.458. The zero-order valence-electron chi connectivity index (χ0n) is 13.0. The molecule has 0 amide bonds.